The number of aromatic nitrogens is 2. The Balaban J connectivity index is 1.60. The van der Waals surface area contributed by atoms with Gasteiger partial charge in [0.05, 0.1) is 7.11 Å². The molecule has 3 aromatic rings. The third kappa shape index (κ3) is 5.41. The van der Waals surface area contributed by atoms with Crippen molar-refractivity contribution in [3.05, 3.63) is 54.1 Å². The van der Waals surface area contributed by atoms with Crippen LogP contribution >= 0.6 is 0 Å². The van der Waals surface area contributed by atoms with Gasteiger partial charge in [-0.05, 0) is 55.0 Å². The summed E-state index contributed by atoms with van der Waals surface area (Å²) in [5, 5.41) is 13.2. The summed E-state index contributed by atoms with van der Waals surface area (Å²) in [6, 6.07) is 13.7. The number of amides is 2. The van der Waals surface area contributed by atoms with E-state index >= 15 is 0 Å². The van der Waals surface area contributed by atoms with Gasteiger partial charge < -0.3 is 14.5 Å². The van der Waals surface area contributed by atoms with Crippen LogP contribution in [-0.4, -0.2) is 29.1 Å². The van der Waals surface area contributed by atoms with Crippen LogP contribution in [0.5, 0.6) is 5.75 Å². The van der Waals surface area contributed by atoms with Gasteiger partial charge in [0, 0.05) is 23.2 Å². The SMILES string of the molecule is CCCCC(=O)Nc1ccc(C(=O)Nc2nnc(-c3ccc(OC)cc3)o2)cc1. The summed E-state index contributed by atoms with van der Waals surface area (Å²) in [5.41, 5.74) is 1.75. The second kappa shape index (κ2) is 9.50. The van der Waals surface area contributed by atoms with Gasteiger partial charge in [-0.3, -0.25) is 14.9 Å². The molecule has 0 radical (unpaired) electrons. The van der Waals surface area contributed by atoms with Crippen LogP contribution in [0.25, 0.3) is 11.5 Å². The Kier molecular flexibility index (Phi) is 6.57. The van der Waals surface area contributed by atoms with Crippen molar-refractivity contribution < 1.29 is 18.7 Å². The summed E-state index contributed by atoms with van der Waals surface area (Å²) in [6.07, 6.45) is 2.28. The number of hydrogen-bond acceptors (Lipinski definition) is 6. The quantitative estimate of drug-likeness (QED) is 0.595. The Morgan fingerprint density at radius 2 is 1.72 bits per heavy atom. The highest BCUT2D eigenvalue weighted by molar-refractivity contribution is 6.03. The maximum absolute atomic E-state index is 12.4. The van der Waals surface area contributed by atoms with Gasteiger partial charge in [-0.1, -0.05) is 18.4 Å². The smallest absolute Gasteiger partial charge is 0.322 e. The Labute approximate surface area is 168 Å². The molecular weight excluding hydrogens is 372 g/mol. The Morgan fingerprint density at radius 3 is 2.38 bits per heavy atom. The first-order chi connectivity index (χ1) is 14.1. The molecule has 0 saturated carbocycles. The monoisotopic (exact) mass is 394 g/mol. The number of anilines is 2. The van der Waals surface area contributed by atoms with E-state index in [2.05, 4.69) is 20.8 Å². The molecule has 2 N–H and O–H groups in total. The largest absolute Gasteiger partial charge is 0.497 e. The topological polar surface area (TPSA) is 106 Å². The lowest BCUT2D eigenvalue weighted by Crippen LogP contribution is -2.13. The number of unbranched alkanes of at least 4 members (excludes halogenated alkanes) is 1. The third-order valence-electron chi connectivity index (χ3n) is 4.17. The molecule has 0 aliphatic heterocycles. The van der Waals surface area contributed by atoms with E-state index in [1.165, 1.54) is 0 Å². The number of hydrogen-bond donors (Lipinski definition) is 2. The minimum absolute atomic E-state index is 0.00207. The summed E-state index contributed by atoms with van der Waals surface area (Å²) in [6.45, 7) is 2.03. The highest BCUT2D eigenvalue weighted by atomic mass is 16.5. The molecule has 0 fully saturated rings. The summed E-state index contributed by atoms with van der Waals surface area (Å²) in [4.78, 5) is 24.1. The second-order valence-electron chi connectivity index (χ2n) is 6.32. The first kappa shape index (κ1) is 20.1. The molecule has 1 aromatic heterocycles. The van der Waals surface area contributed by atoms with Crippen molar-refractivity contribution in [3.8, 4) is 17.2 Å². The molecule has 8 nitrogen and oxygen atoms in total. The van der Waals surface area contributed by atoms with Crippen LogP contribution in [0.3, 0.4) is 0 Å². The molecular formula is C21H22N4O4. The normalized spacial score (nSPS) is 10.4. The van der Waals surface area contributed by atoms with Crippen molar-refractivity contribution in [1.29, 1.82) is 0 Å². The van der Waals surface area contributed by atoms with Crippen molar-refractivity contribution in [1.82, 2.24) is 10.2 Å². The molecule has 0 saturated heterocycles. The fraction of sp³-hybridized carbons (Fsp3) is 0.238. The molecule has 0 aliphatic rings. The molecule has 0 spiro atoms. The van der Waals surface area contributed by atoms with E-state index in [4.69, 9.17) is 9.15 Å². The van der Waals surface area contributed by atoms with Gasteiger partial charge in [0.25, 0.3) is 5.91 Å². The van der Waals surface area contributed by atoms with Crippen molar-refractivity contribution in [3.63, 3.8) is 0 Å². The average molecular weight is 394 g/mol. The number of methoxy groups -OCH3 is 1. The minimum Gasteiger partial charge on any atom is -0.497 e. The van der Waals surface area contributed by atoms with Crippen LogP contribution in [-0.2, 0) is 4.79 Å². The van der Waals surface area contributed by atoms with Gasteiger partial charge >= 0.3 is 6.01 Å². The van der Waals surface area contributed by atoms with Crippen molar-refractivity contribution in [2.75, 3.05) is 17.7 Å². The van der Waals surface area contributed by atoms with Gasteiger partial charge in [-0.25, -0.2) is 0 Å². The lowest BCUT2D eigenvalue weighted by atomic mass is 10.2. The standard InChI is InChI=1S/C21H22N4O4/c1-3-4-5-18(26)22-16-10-6-14(7-11-16)19(27)23-21-25-24-20(29-21)15-8-12-17(28-2)13-9-15/h6-13H,3-5H2,1-2H3,(H,22,26)(H,23,25,27). The lowest BCUT2D eigenvalue weighted by molar-refractivity contribution is -0.116. The van der Waals surface area contributed by atoms with Crippen LogP contribution in [0.15, 0.2) is 52.9 Å². The van der Waals surface area contributed by atoms with Gasteiger partial charge in [0.15, 0.2) is 0 Å². The van der Waals surface area contributed by atoms with Gasteiger partial charge in [-0.2, -0.15) is 0 Å². The third-order valence-corrected chi connectivity index (χ3v) is 4.17. The van der Waals surface area contributed by atoms with E-state index in [9.17, 15) is 9.59 Å². The summed E-state index contributed by atoms with van der Waals surface area (Å²) in [7, 11) is 1.59. The predicted octanol–water partition coefficient (Wildman–Crippen LogP) is 4.13. The average Bonchev–Trinajstić information content (AvgIpc) is 3.21. The fourth-order valence-electron chi connectivity index (χ4n) is 2.56. The number of carbonyl (C=O) groups is 2. The Hall–Kier alpha value is -3.68. The number of carbonyl (C=O) groups excluding carboxylic acids is 2. The number of rotatable bonds is 8. The first-order valence-corrected chi connectivity index (χ1v) is 9.28. The summed E-state index contributed by atoms with van der Waals surface area (Å²) < 4.78 is 10.6. The maximum atomic E-state index is 12.4. The van der Waals surface area contributed by atoms with E-state index in [1.807, 2.05) is 6.92 Å². The highest BCUT2D eigenvalue weighted by Gasteiger charge is 2.13. The molecule has 2 aromatic carbocycles. The second-order valence-corrected chi connectivity index (χ2v) is 6.32. The number of ether oxygens (including phenoxy) is 1. The molecule has 2 amide bonds. The number of benzene rings is 2. The molecule has 0 atom stereocenters. The van der Waals surface area contributed by atoms with Crippen LogP contribution in [0.1, 0.15) is 36.5 Å². The first-order valence-electron chi connectivity index (χ1n) is 9.28. The molecule has 0 aliphatic carbocycles. The van der Waals surface area contributed by atoms with E-state index in [1.54, 1.807) is 55.6 Å². The minimum atomic E-state index is -0.390. The summed E-state index contributed by atoms with van der Waals surface area (Å²) in [5.74, 6) is 0.569. The van der Waals surface area contributed by atoms with Crippen LogP contribution in [0, 0.1) is 0 Å². The van der Waals surface area contributed by atoms with Crippen LogP contribution < -0.4 is 15.4 Å². The Bertz CT molecular complexity index is 965. The fourth-order valence-corrected chi connectivity index (χ4v) is 2.56. The molecule has 29 heavy (non-hydrogen) atoms. The zero-order valence-corrected chi connectivity index (χ0v) is 16.3. The zero-order chi connectivity index (χ0) is 20.6. The van der Waals surface area contributed by atoms with Crippen molar-refractivity contribution in [2.45, 2.75) is 26.2 Å². The predicted molar refractivity (Wildman–Crippen MR) is 109 cm³/mol. The number of nitrogens with one attached hydrogen (secondary N) is 2. The zero-order valence-electron chi connectivity index (χ0n) is 16.3. The lowest BCUT2D eigenvalue weighted by Gasteiger charge is -2.06. The molecule has 1 heterocycles. The highest BCUT2D eigenvalue weighted by Crippen LogP contribution is 2.22. The van der Waals surface area contributed by atoms with Crippen LogP contribution in [0.4, 0.5) is 11.7 Å². The van der Waals surface area contributed by atoms with Gasteiger partial charge in [0.1, 0.15) is 5.75 Å². The van der Waals surface area contributed by atoms with Gasteiger partial charge in [-0.15, -0.1) is 5.10 Å². The molecule has 8 heteroatoms. The number of nitrogens with zero attached hydrogens (tertiary/aromatic N) is 2. The molecule has 0 unspecified atom stereocenters. The van der Waals surface area contributed by atoms with E-state index < -0.39 is 5.91 Å². The van der Waals surface area contributed by atoms with E-state index in [-0.39, 0.29) is 17.8 Å². The summed E-state index contributed by atoms with van der Waals surface area (Å²) >= 11 is 0. The Morgan fingerprint density at radius 1 is 1.00 bits per heavy atom. The van der Waals surface area contributed by atoms with Crippen molar-refractivity contribution in [2.24, 2.45) is 0 Å². The van der Waals surface area contributed by atoms with Crippen molar-refractivity contribution >= 4 is 23.5 Å². The molecule has 3 rings (SSSR count). The maximum Gasteiger partial charge on any atom is 0.322 e. The van der Waals surface area contributed by atoms with E-state index in [0.717, 1.165) is 12.8 Å². The van der Waals surface area contributed by atoms with Gasteiger partial charge in [0.2, 0.25) is 11.8 Å². The van der Waals surface area contributed by atoms with E-state index in [0.29, 0.717) is 29.0 Å². The van der Waals surface area contributed by atoms with Crippen LogP contribution in [0.2, 0.25) is 0 Å². The molecule has 0 bridgehead atoms. The molecule has 150 valence electrons.